The van der Waals surface area contributed by atoms with Crippen LogP contribution in [0.25, 0.3) is 67.1 Å². The predicted octanol–water partition coefficient (Wildman–Crippen LogP) is 10.5. The van der Waals surface area contributed by atoms with E-state index < -0.39 is 0 Å². The van der Waals surface area contributed by atoms with Crippen molar-refractivity contribution in [2.24, 2.45) is 0 Å². The highest BCUT2D eigenvalue weighted by Crippen LogP contribution is 2.39. The maximum Gasteiger partial charge on any atom is 0.251 e. The summed E-state index contributed by atoms with van der Waals surface area (Å²) in [6, 6.07) is 41.0. The Labute approximate surface area is 358 Å². The number of nitrogens with zero attached hydrogens (tertiary/aromatic N) is 4. The number of hydrogen-bond acceptors (Lipinski definition) is 5. The van der Waals surface area contributed by atoms with Crippen molar-refractivity contribution in [3.63, 3.8) is 0 Å². The lowest BCUT2D eigenvalue weighted by atomic mass is 9.89. The van der Waals surface area contributed by atoms with E-state index in [4.69, 9.17) is 9.97 Å². The van der Waals surface area contributed by atoms with Gasteiger partial charge in [0, 0.05) is 49.4 Å². The molecule has 61 heavy (non-hydrogen) atoms. The van der Waals surface area contributed by atoms with Crippen molar-refractivity contribution >= 4 is 33.9 Å². The number of nitrogens with one attached hydrogen (secondary N) is 2. The standard InChI is InChI=1S/C27H29N3O.C25H25N3O2/c1-6-30-25-14-12-19(27(31)28-5)16-24(25)29-26(30)22-10-8-7-9-20(22)21-13-11-18(4)15-23(21)17(2)3;1-16-8-10-19(17(2)14-16)20-6-4-5-7-21(20)24-27-22-15-18(25(30)26-3)9-11-23(22)28(24)12-13-29/h7-17H,6H2,1-5H3,(H,28,31);4-11,14-15,29H,12-13H2,1-3H3,(H,26,30). The van der Waals surface area contributed by atoms with Crippen molar-refractivity contribution in [1.82, 2.24) is 29.7 Å². The summed E-state index contributed by atoms with van der Waals surface area (Å²) in [5.41, 5.74) is 16.5. The van der Waals surface area contributed by atoms with Crippen LogP contribution < -0.4 is 10.6 Å². The zero-order valence-corrected chi connectivity index (χ0v) is 36.3. The third-order valence-corrected chi connectivity index (χ3v) is 11.2. The van der Waals surface area contributed by atoms with E-state index in [0.717, 1.165) is 62.5 Å². The second kappa shape index (κ2) is 18.2. The van der Waals surface area contributed by atoms with Crippen LogP contribution in [-0.2, 0) is 13.1 Å². The first-order valence-electron chi connectivity index (χ1n) is 20.9. The summed E-state index contributed by atoms with van der Waals surface area (Å²) in [6.45, 7) is 14.2. The highest BCUT2D eigenvalue weighted by atomic mass is 16.3. The fourth-order valence-corrected chi connectivity index (χ4v) is 8.24. The molecule has 0 atom stereocenters. The zero-order valence-electron chi connectivity index (χ0n) is 36.3. The van der Waals surface area contributed by atoms with E-state index in [0.29, 0.717) is 23.6 Å². The van der Waals surface area contributed by atoms with Crippen LogP contribution in [0.3, 0.4) is 0 Å². The molecule has 8 aromatic rings. The van der Waals surface area contributed by atoms with Crippen LogP contribution in [0.1, 0.15) is 69.7 Å². The highest BCUT2D eigenvalue weighted by Gasteiger charge is 2.20. The van der Waals surface area contributed by atoms with Gasteiger partial charge in [-0.2, -0.15) is 0 Å². The monoisotopic (exact) mass is 810 g/mol. The van der Waals surface area contributed by atoms with Gasteiger partial charge in [-0.1, -0.05) is 110 Å². The second-order valence-electron chi connectivity index (χ2n) is 15.7. The normalized spacial score (nSPS) is 11.2. The summed E-state index contributed by atoms with van der Waals surface area (Å²) >= 11 is 0. The zero-order chi connectivity index (χ0) is 43.4. The van der Waals surface area contributed by atoms with Gasteiger partial charge in [0.1, 0.15) is 11.6 Å². The van der Waals surface area contributed by atoms with E-state index in [1.54, 1.807) is 26.2 Å². The third kappa shape index (κ3) is 8.47. The molecule has 0 bridgehead atoms. The van der Waals surface area contributed by atoms with Crippen molar-refractivity contribution in [3.05, 3.63) is 155 Å². The molecule has 310 valence electrons. The molecule has 0 saturated heterocycles. The van der Waals surface area contributed by atoms with Gasteiger partial charge in [0.2, 0.25) is 0 Å². The van der Waals surface area contributed by atoms with Gasteiger partial charge in [0.05, 0.1) is 28.7 Å². The molecule has 0 aliphatic carbocycles. The number of aromatic nitrogens is 4. The number of amides is 2. The molecule has 0 unspecified atom stereocenters. The molecule has 8 rings (SSSR count). The lowest BCUT2D eigenvalue weighted by Crippen LogP contribution is -2.17. The molecular weight excluding hydrogens is 757 g/mol. The predicted molar refractivity (Wildman–Crippen MR) is 249 cm³/mol. The number of aliphatic hydroxyl groups is 1. The number of rotatable bonds is 10. The molecule has 2 amide bonds. The number of benzene rings is 6. The number of hydrogen-bond donors (Lipinski definition) is 3. The Morgan fingerprint density at radius 3 is 1.56 bits per heavy atom. The first kappa shape index (κ1) is 42.3. The van der Waals surface area contributed by atoms with Gasteiger partial charge in [-0.15, -0.1) is 0 Å². The minimum atomic E-state index is -0.147. The summed E-state index contributed by atoms with van der Waals surface area (Å²) in [6.07, 6.45) is 0. The maximum atomic E-state index is 12.1. The van der Waals surface area contributed by atoms with Gasteiger partial charge in [-0.3, -0.25) is 9.59 Å². The largest absolute Gasteiger partial charge is 0.395 e. The lowest BCUT2D eigenvalue weighted by Gasteiger charge is -2.17. The van der Waals surface area contributed by atoms with Gasteiger partial charge >= 0.3 is 0 Å². The molecule has 9 nitrogen and oxygen atoms in total. The minimum Gasteiger partial charge on any atom is -0.395 e. The summed E-state index contributed by atoms with van der Waals surface area (Å²) in [4.78, 5) is 34.0. The van der Waals surface area contributed by atoms with E-state index in [1.807, 2.05) is 41.0 Å². The molecule has 0 spiro atoms. The number of aryl methyl sites for hydroxylation is 4. The Balaban J connectivity index is 0.000000184. The van der Waals surface area contributed by atoms with Crippen LogP contribution in [0.5, 0.6) is 0 Å². The van der Waals surface area contributed by atoms with E-state index in [-0.39, 0.29) is 18.4 Å². The molecule has 2 aromatic heterocycles. The molecular formula is C52H54N6O3. The number of imidazole rings is 2. The molecule has 9 heteroatoms. The van der Waals surface area contributed by atoms with Crippen LogP contribution in [0, 0.1) is 20.8 Å². The number of aliphatic hydroxyl groups excluding tert-OH is 1. The first-order chi connectivity index (χ1) is 29.5. The molecule has 2 heterocycles. The average molecular weight is 811 g/mol. The Morgan fingerprint density at radius 2 is 1.07 bits per heavy atom. The van der Waals surface area contributed by atoms with Crippen LogP contribution >= 0.6 is 0 Å². The minimum absolute atomic E-state index is 0.00137. The van der Waals surface area contributed by atoms with E-state index in [1.165, 1.54) is 33.4 Å². The molecule has 3 N–H and O–H groups in total. The van der Waals surface area contributed by atoms with Crippen LogP contribution in [0.2, 0.25) is 0 Å². The van der Waals surface area contributed by atoms with Crippen molar-refractivity contribution in [1.29, 1.82) is 0 Å². The molecule has 0 fully saturated rings. The molecule has 6 aromatic carbocycles. The molecule has 0 radical (unpaired) electrons. The topological polar surface area (TPSA) is 114 Å². The van der Waals surface area contributed by atoms with Gasteiger partial charge in [0.15, 0.2) is 0 Å². The summed E-state index contributed by atoms with van der Waals surface area (Å²) in [5.74, 6) is 1.88. The van der Waals surface area contributed by atoms with E-state index in [2.05, 4.69) is 130 Å². The lowest BCUT2D eigenvalue weighted by molar-refractivity contribution is 0.0955. The molecule has 0 aliphatic rings. The van der Waals surface area contributed by atoms with Crippen molar-refractivity contribution in [2.75, 3.05) is 20.7 Å². The summed E-state index contributed by atoms with van der Waals surface area (Å²) in [7, 11) is 3.26. The Hall–Kier alpha value is -6.84. The quantitative estimate of drug-likeness (QED) is 0.127. The Kier molecular flexibility index (Phi) is 12.6. The number of carbonyl (C=O) groups excluding carboxylic acids is 2. The van der Waals surface area contributed by atoms with Gasteiger partial charge < -0.3 is 24.9 Å². The Bertz CT molecular complexity index is 2900. The molecule has 0 aliphatic heterocycles. The smallest absolute Gasteiger partial charge is 0.251 e. The molecule has 0 saturated carbocycles. The van der Waals surface area contributed by atoms with E-state index in [9.17, 15) is 14.7 Å². The van der Waals surface area contributed by atoms with Gasteiger partial charge in [-0.25, -0.2) is 9.97 Å². The third-order valence-electron chi connectivity index (χ3n) is 11.2. The Morgan fingerprint density at radius 1 is 0.590 bits per heavy atom. The second-order valence-corrected chi connectivity index (χ2v) is 15.7. The number of fused-ring (bicyclic) bond motifs is 2. The van der Waals surface area contributed by atoms with Crippen molar-refractivity contribution in [2.45, 2.75) is 60.5 Å². The highest BCUT2D eigenvalue weighted by molar-refractivity contribution is 5.99. The fraction of sp³-hybridized carbons (Fsp3) is 0.231. The SMILES string of the molecule is CCn1c(-c2ccccc2-c2ccc(C)cc2C(C)C)nc2cc(C(=O)NC)ccc21.CNC(=O)c1ccc2c(c1)nc(-c1ccccc1-c1ccc(C)cc1C)n2CCO. The maximum absolute atomic E-state index is 12.1. The van der Waals surface area contributed by atoms with Crippen LogP contribution in [-0.4, -0.2) is 56.7 Å². The van der Waals surface area contributed by atoms with Crippen LogP contribution in [0.15, 0.2) is 121 Å². The van der Waals surface area contributed by atoms with Crippen molar-refractivity contribution in [3.8, 4) is 45.0 Å². The fourth-order valence-electron chi connectivity index (χ4n) is 8.24. The summed E-state index contributed by atoms with van der Waals surface area (Å²) < 4.78 is 4.25. The average Bonchev–Trinajstić information content (AvgIpc) is 3.83. The summed E-state index contributed by atoms with van der Waals surface area (Å²) in [5, 5.41) is 15.0. The first-order valence-corrected chi connectivity index (χ1v) is 20.9. The van der Waals surface area contributed by atoms with Gasteiger partial charge in [-0.05, 0) is 103 Å². The van der Waals surface area contributed by atoms with Crippen LogP contribution in [0.4, 0.5) is 0 Å². The van der Waals surface area contributed by atoms with Gasteiger partial charge in [0.25, 0.3) is 11.8 Å². The van der Waals surface area contributed by atoms with Crippen molar-refractivity contribution < 1.29 is 14.7 Å². The number of carbonyl (C=O) groups is 2. The van der Waals surface area contributed by atoms with E-state index >= 15 is 0 Å².